The van der Waals surface area contributed by atoms with Gasteiger partial charge < -0.3 is 5.32 Å². The van der Waals surface area contributed by atoms with Gasteiger partial charge in [0.2, 0.25) is 5.91 Å². The molecule has 1 N–H and O–H groups in total. The molecule has 1 heterocycles. The van der Waals surface area contributed by atoms with Crippen LogP contribution in [0.5, 0.6) is 0 Å². The molecule has 4 heteroatoms. The molecule has 1 aliphatic rings. The van der Waals surface area contributed by atoms with E-state index in [0.29, 0.717) is 19.4 Å². The minimum Gasteiger partial charge on any atom is -0.349 e. The molecule has 0 unspecified atom stereocenters. The van der Waals surface area contributed by atoms with Crippen LogP contribution in [0.1, 0.15) is 31.0 Å². The van der Waals surface area contributed by atoms with Crippen molar-refractivity contribution in [2.24, 2.45) is 5.41 Å². The lowest BCUT2D eigenvalue weighted by Gasteiger charge is -2.10. The number of carbonyl (C=O) groups is 1. The fourth-order valence-electron chi connectivity index (χ4n) is 1.80. The van der Waals surface area contributed by atoms with Crippen LogP contribution in [0.15, 0.2) is 18.3 Å². The minimum absolute atomic E-state index is 0.160. The van der Waals surface area contributed by atoms with Crippen LogP contribution in [0.3, 0.4) is 0 Å². The Bertz CT molecular complexity index is 472. The van der Waals surface area contributed by atoms with Gasteiger partial charge in [0, 0.05) is 6.20 Å². The summed E-state index contributed by atoms with van der Waals surface area (Å²) >= 11 is 0. The molecule has 1 saturated carbocycles. The van der Waals surface area contributed by atoms with Crippen LogP contribution in [0.4, 0.5) is 0 Å². The predicted octanol–water partition coefficient (Wildman–Crippen LogP) is 1.56. The first-order valence-electron chi connectivity index (χ1n) is 5.84. The summed E-state index contributed by atoms with van der Waals surface area (Å²) in [6.45, 7) is 2.46. The van der Waals surface area contributed by atoms with Gasteiger partial charge in [-0.3, -0.25) is 9.78 Å². The van der Waals surface area contributed by atoms with Crippen LogP contribution in [0.25, 0.3) is 0 Å². The van der Waals surface area contributed by atoms with Crippen molar-refractivity contribution in [3.05, 3.63) is 29.6 Å². The summed E-state index contributed by atoms with van der Waals surface area (Å²) in [6.07, 6.45) is 3.97. The summed E-state index contributed by atoms with van der Waals surface area (Å²) in [7, 11) is 0. The zero-order chi connectivity index (χ0) is 12.3. The predicted molar refractivity (Wildman–Crippen MR) is 62.7 cm³/mol. The highest BCUT2D eigenvalue weighted by atomic mass is 16.2. The van der Waals surface area contributed by atoms with Crippen molar-refractivity contribution in [2.45, 2.75) is 32.7 Å². The van der Waals surface area contributed by atoms with Gasteiger partial charge in [0.15, 0.2) is 0 Å². The molecular formula is C13H15N3O. The fraction of sp³-hybridized carbons (Fsp3) is 0.462. The van der Waals surface area contributed by atoms with E-state index in [1.807, 2.05) is 12.1 Å². The van der Waals surface area contributed by atoms with Crippen molar-refractivity contribution in [3.8, 4) is 6.07 Å². The summed E-state index contributed by atoms with van der Waals surface area (Å²) in [5.41, 5.74) is 1.27. The number of hydrogen-bond donors (Lipinski definition) is 1. The third kappa shape index (κ3) is 2.28. The molecule has 17 heavy (non-hydrogen) atoms. The third-order valence-electron chi connectivity index (χ3n) is 3.18. The molecule has 1 aliphatic carbocycles. The van der Waals surface area contributed by atoms with E-state index in [2.05, 4.69) is 23.3 Å². The van der Waals surface area contributed by atoms with Crippen LogP contribution < -0.4 is 5.32 Å². The molecule has 1 aromatic rings. The van der Waals surface area contributed by atoms with Gasteiger partial charge in [0.05, 0.1) is 18.3 Å². The van der Waals surface area contributed by atoms with Gasteiger partial charge in [-0.15, -0.1) is 0 Å². The Labute approximate surface area is 101 Å². The smallest absolute Gasteiger partial charge is 0.240 e. The van der Waals surface area contributed by atoms with Crippen molar-refractivity contribution < 1.29 is 4.79 Å². The number of nitrogens with zero attached hydrogens (tertiary/aromatic N) is 2. The maximum Gasteiger partial charge on any atom is 0.240 e. The lowest BCUT2D eigenvalue weighted by molar-refractivity contribution is -0.124. The molecule has 1 amide bonds. The van der Waals surface area contributed by atoms with Crippen molar-refractivity contribution in [1.82, 2.24) is 10.3 Å². The molecule has 4 nitrogen and oxygen atoms in total. The highest BCUT2D eigenvalue weighted by Gasteiger charge is 2.50. The van der Waals surface area contributed by atoms with Gasteiger partial charge in [0.1, 0.15) is 5.41 Å². The van der Waals surface area contributed by atoms with E-state index in [0.717, 1.165) is 17.7 Å². The SMILES string of the molecule is CCc1cccnc1CNC(=O)C1(C#N)CC1. The summed E-state index contributed by atoms with van der Waals surface area (Å²) < 4.78 is 0. The second-order valence-electron chi connectivity index (χ2n) is 4.34. The molecular weight excluding hydrogens is 214 g/mol. The summed E-state index contributed by atoms with van der Waals surface area (Å²) in [6, 6.07) is 5.98. The Morgan fingerprint density at radius 3 is 3.00 bits per heavy atom. The van der Waals surface area contributed by atoms with Gasteiger partial charge in [-0.05, 0) is 30.9 Å². The van der Waals surface area contributed by atoms with E-state index < -0.39 is 5.41 Å². The summed E-state index contributed by atoms with van der Waals surface area (Å²) in [5, 5.41) is 11.7. The number of carbonyl (C=O) groups excluding carboxylic acids is 1. The highest BCUT2D eigenvalue weighted by molar-refractivity contribution is 5.88. The molecule has 0 spiro atoms. The van der Waals surface area contributed by atoms with Gasteiger partial charge in [-0.2, -0.15) is 5.26 Å². The van der Waals surface area contributed by atoms with Gasteiger partial charge in [-0.1, -0.05) is 13.0 Å². The van der Waals surface area contributed by atoms with Gasteiger partial charge in [-0.25, -0.2) is 0 Å². The molecule has 1 aromatic heterocycles. The quantitative estimate of drug-likeness (QED) is 0.852. The average Bonchev–Trinajstić information content (AvgIpc) is 3.17. The Morgan fingerprint density at radius 2 is 2.41 bits per heavy atom. The Kier molecular flexibility index (Phi) is 3.10. The van der Waals surface area contributed by atoms with Crippen molar-refractivity contribution in [1.29, 1.82) is 5.26 Å². The second kappa shape index (κ2) is 4.54. The van der Waals surface area contributed by atoms with E-state index in [-0.39, 0.29) is 5.91 Å². The lowest BCUT2D eigenvalue weighted by Crippen LogP contribution is -2.31. The number of aryl methyl sites for hydroxylation is 1. The number of pyridine rings is 1. The van der Waals surface area contributed by atoms with E-state index in [1.165, 1.54) is 0 Å². The molecule has 0 radical (unpaired) electrons. The van der Waals surface area contributed by atoms with Crippen LogP contribution in [-0.4, -0.2) is 10.9 Å². The van der Waals surface area contributed by atoms with Crippen LogP contribution in [0.2, 0.25) is 0 Å². The standard InChI is InChI=1S/C13H15N3O/c1-2-10-4-3-7-15-11(10)8-16-12(17)13(9-14)5-6-13/h3-4,7H,2,5-6,8H2,1H3,(H,16,17). The highest BCUT2D eigenvalue weighted by Crippen LogP contribution is 2.44. The average molecular weight is 229 g/mol. The number of nitriles is 1. The first-order chi connectivity index (χ1) is 8.22. The zero-order valence-electron chi connectivity index (χ0n) is 9.86. The van der Waals surface area contributed by atoms with E-state index in [4.69, 9.17) is 5.26 Å². The molecule has 0 aromatic carbocycles. The molecule has 2 rings (SSSR count). The van der Waals surface area contributed by atoms with Crippen molar-refractivity contribution in [3.63, 3.8) is 0 Å². The summed E-state index contributed by atoms with van der Waals surface area (Å²) in [5.74, 6) is -0.160. The molecule has 0 atom stereocenters. The fourth-order valence-corrected chi connectivity index (χ4v) is 1.80. The first kappa shape index (κ1) is 11.6. The maximum atomic E-state index is 11.8. The van der Waals surface area contributed by atoms with Gasteiger partial charge in [0.25, 0.3) is 0 Å². The molecule has 88 valence electrons. The Morgan fingerprint density at radius 1 is 1.65 bits per heavy atom. The number of aromatic nitrogens is 1. The van der Waals surface area contributed by atoms with E-state index in [9.17, 15) is 4.79 Å². The van der Waals surface area contributed by atoms with Crippen LogP contribution >= 0.6 is 0 Å². The second-order valence-corrected chi connectivity index (χ2v) is 4.34. The van der Waals surface area contributed by atoms with Crippen LogP contribution in [-0.2, 0) is 17.8 Å². The minimum atomic E-state index is -0.749. The topological polar surface area (TPSA) is 65.8 Å². The first-order valence-corrected chi connectivity index (χ1v) is 5.84. The van der Waals surface area contributed by atoms with E-state index >= 15 is 0 Å². The van der Waals surface area contributed by atoms with Crippen molar-refractivity contribution >= 4 is 5.91 Å². The Balaban J connectivity index is 1.99. The zero-order valence-corrected chi connectivity index (χ0v) is 9.86. The summed E-state index contributed by atoms with van der Waals surface area (Å²) in [4.78, 5) is 16.0. The largest absolute Gasteiger partial charge is 0.349 e. The van der Waals surface area contributed by atoms with Crippen molar-refractivity contribution in [2.75, 3.05) is 0 Å². The number of amides is 1. The normalized spacial score (nSPS) is 16.0. The van der Waals surface area contributed by atoms with E-state index in [1.54, 1.807) is 6.20 Å². The molecule has 1 fully saturated rings. The number of hydrogen-bond acceptors (Lipinski definition) is 3. The molecule has 0 saturated heterocycles. The Hall–Kier alpha value is -1.89. The maximum absolute atomic E-state index is 11.8. The third-order valence-corrected chi connectivity index (χ3v) is 3.18. The lowest BCUT2D eigenvalue weighted by atomic mass is 10.1. The van der Waals surface area contributed by atoms with Crippen LogP contribution in [0, 0.1) is 16.7 Å². The van der Waals surface area contributed by atoms with Gasteiger partial charge >= 0.3 is 0 Å². The molecule has 0 aliphatic heterocycles. The monoisotopic (exact) mass is 229 g/mol. The number of rotatable bonds is 4. The molecule has 0 bridgehead atoms. The number of nitrogens with one attached hydrogen (secondary N) is 1.